The molecule has 1 aliphatic heterocycles. The van der Waals surface area contributed by atoms with Crippen molar-refractivity contribution < 1.29 is 9.47 Å². The summed E-state index contributed by atoms with van der Waals surface area (Å²) in [6.45, 7) is 2.20. The molecule has 0 saturated carbocycles. The van der Waals surface area contributed by atoms with E-state index in [1.54, 1.807) is 7.11 Å². The van der Waals surface area contributed by atoms with E-state index in [0.717, 1.165) is 26.1 Å². The lowest BCUT2D eigenvalue weighted by atomic mass is 9.93. The first-order valence-electron chi connectivity index (χ1n) is 3.62. The van der Waals surface area contributed by atoms with Crippen molar-refractivity contribution in [2.45, 2.75) is 18.4 Å². The second-order valence-electron chi connectivity index (χ2n) is 2.91. The summed E-state index contributed by atoms with van der Waals surface area (Å²) in [5, 5.41) is 0. The first-order valence-corrected chi connectivity index (χ1v) is 3.62. The summed E-state index contributed by atoms with van der Waals surface area (Å²) in [5.41, 5.74) is 5.85. The third kappa shape index (κ3) is 3.38. The maximum absolute atomic E-state index is 5.96. The fraction of sp³-hybridized carbons (Fsp3) is 1.00. The van der Waals surface area contributed by atoms with Gasteiger partial charge in [0.05, 0.1) is 6.61 Å². The van der Waals surface area contributed by atoms with E-state index in [4.69, 9.17) is 15.2 Å². The van der Waals surface area contributed by atoms with Crippen LogP contribution in [0.25, 0.3) is 0 Å². The number of halogens is 1. The van der Waals surface area contributed by atoms with E-state index in [1.165, 1.54) is 0 Å². The van der Waals surface area contributed by atoms with Gasteiger partial charge in [-0.2, -0.15) is 0 Å². The van der Waals surface area contributed by atoms with Gasteiger partial charge in [-0.05, 0) is 12.8 Å². The number of nitrogens with two attached hydrogens (primary N) is 1. The lowest BCUT2D eigenvalue weighted by Gasteiger charge is -2.32. The Kier molecular flexibility index (Phi) is 5.01. The van der Waals surface area contributed by atoms with Gasteiger partial charge in [0.1, 0.15) is 0 Å². The van der Waals surface area contributed by atoms with Crippen LogP contribution in [0.3, 0.4) is 0 Å². The van der Waals surface area contributed by atoms with Gasteiger partial charge >= 0.3 is 0 Å². The summed E-state index contributed by atoms with van der Waals surface area (Å²) in [6, 6.07) is 0. The van der Waals surface area contributed by atoms with Gasteiger partial charge in [-0.15, -0.1) is 12.4 Å². The summed E-state index contributed by atoms with van der Waals surface area (Å²) >= 11 is 0. The summed E-state index contributed by atoms with van der Waals surface area (Å²) in [5.74, 6) is 0. The number of methoxy groups -OCH3 is 1. The first-order chi connectivity index (χ1) is 4.77. The molecule has 1 saturated heterocycles. The second-order valence-corrected chi connectivity index (χ2v) is 2.91. The molecule has 11 heavy (non-hydrogen) atoms. The Bertz CT molecular complexity index is 99.1. The van der Waals surface area contributed by atoms with Crippen LogP contribution in [-0.2, 0) is 9.47 Å². The molecule has 0 unspecified atom stereocenters. The molecule has 0 spiro atoms. The molecule has 3 nitrogen and oxygen atoms in total. The zero-order valence-corrected chi connectivity index (χ0v) is 7.65. The molecule has 0 aromatic carbocycles. The molecular weight excluding hydrogens is 166 g/mol. The van der Waals surface area contributed by atoms with Crippen LogP contribution in [0.2, 0.25) is 0 Å². The molecule has 4 heteroatoms. The van der Waals surface area contributed by atoms with Crippen LogP contribution in [0.1, 0.15) is 12.8 Å². The number of ether oxygens (including phenoxy) is 2. The molecule has 68 valence electrons. The van der Waals surface area contributed by atoms with E-state index in [2.05, 4.69) is 0 Å². The SMILES string of the molecule is COCC1(N)CCOCC1.Cl. The molecule has 1 heterocycles. The van der Waals surface area contributed by atoms with Crippen LogP contribution in [0.5, 0.6) is 0 Å². The van der Waals surface area contributed by atoms with E-state index >= 15 is 0 Å². The topological polar surface area (TPSA) is 44.5 Å². The molecule has 0 radical (unpaired) electrons. The van der Waals surface area contributed by atoms with E-state index in [-0.39, 0.29) is 17.9 Å². The lowest BCUT2D eigenvalue weighted by Crippen LogP contribution is -2.48. The van der Waals surface area contributed by atoms with Crippen LogP contribution < -0.4 is 5.73 Å². The molecular formula is C7H16ClNO2. The molecule has 0 amide bonds. The van der Waals surface area contributed by atoms with E-state index in [0.29, 0.717) is 6.61 Å². The second kappa shape index (κ2) is 4.93. The van der Waals surface area contributed by atoms with Crippen molar-refractivity contribution in [1.29, 1.82) is 0 Å². The number of hydrogen-bond donors (Lipinski definition) is 1. The van der Waals surface area contributed by atoms with Gasteiger partial charge in [0.2, 0.25) is 0 Å². The van der Waals surface area contributed by atoms with Crippen molar-refractivity contribution in [2.24, 2.45) is 5.73 Å². The van der Waals surface area contributed by atoms with Gasteiger partial charge in [0, 0.05) is 25.9 Å². The fourth-order valence-corrected chi connectivity index (χ4v) is 1.21. The zero-order chi connectivity index (χ0) is 7.45. The highest BCUT2D eigenvalue weighted by atomic mass is 35.5. The summed E-state index contributed by atoms with van der Waals surface area (Å²) in [7, 11) is 1.68. The normalized spacial score (nSPS) is 22.4. The van der Waals surface area contributed by atoms with Crippen LogP contribution >= 0.6 is 12.4 Å². The molecule has 0 aromatic heterocycles. The largest absolute Gasteiger partial charge is 0.383 e. The first kappa shape index (κ1) is 11.2. The monoisotopic (exact) mass is 181 g/mol. The van der Waals surface area contributed by atoms with Gasteiger partial charge in [-0.25, -0.2) is 0 Å². The Morgan fingerprint density at radius 1 is 1.45 bits per heavy atom. The number of hydrogen-bond acceptors (Lipinski definition) is 3. The quantitative estimate of drug-likeness (QED) is 0.677. The Labute approximate surface area is 73.6 Å². The lowest BCUT2D eigenvalue weighted by molar-refractivity contribution is 0.0181. The summed E-state index contributed by atoms with van der Waals surface area (Å²) in [6.07, 6.45) is 1.84. The third-order valence-electron chi connectivity index (χ3n) is 1.92. The molecule has 1 fully saturated rings. The predicted molar refractivity (Wildman–Crippen MR) is 46.1 cm³/mol. The molecule has 0 aliphatic carbocycles. The number of rotatable bonds is 2. The third-order valence-corrected chi connectivity index (χ3v) is 1.92. The van der Waals surface area contributed by atoms with Crippen LogP contribution in [0, 0.1) is 0 Å². The summed E-state index contributed by atoms with van der Waals surface area (Å²) in [4.78, 5) is 0. The minimum absolute atomic E-state index is 0. The average molecular weight is 182 g/mol. The van der Waals surface area contributed by atoms with E-state index < -0.39 is 0 Å². The van der Waals surface area contributed by atoms with Crippen LogP contribution in [0.4, 0.5) is 0 Å². The molecule has 2 N–H and O–H groups in total. The maximum atomic E-state index is 5.96. The Hall–Kier alpha value is 0.170. The molecule has 1 aliphatic rings. The van der Waals surface area contributed by atoms with E-state index in [1.807, 2.05) is 0 Å². The van der Waals surface area contributed by atoms with Crippen LogP contribution in [0.15, 0.2) is 0 Å². The standard InChI is InChI=1S/C7H15NO2.ClH/c1-9-6-7(8)2-4-10-5-3-7;/h2-6,8H2,1H3;1H. The highest BCUT2D eigenvalue weighted by Gasteiger charge is 2.27. The fourth-order valence-electron chi connectivity index (χ4n) is 1.21. The summed E-state index contributed by atoms with van der Waals surface area (Å²) < 4.78 is 10.2. The minimum atomic E-state index is -0.118. The van der Waals surface area contributed by atoms with Crippen LogP contribution in [-0.4, -0.2) is 32.5 Å². The van der Waals surface area contributed by atoms with Crippen molar-refractivity contribution in [3.8, 4) is 0 Å². The van der Waals surface area contributed by atoms with Crippen molar-refractivity contribution in [3.63, 3.8) is 0 Å². The van der Waals surface area contributed by atoms with Gasteiger partial charge in [-0.1, -0.05) is 0 Å². The zero-order valence-electron chi connectivity index (χ0n) is 6.84. The van der Waals surface area contributed by atoms with Gasteiger partial charge in [0.25, 0.3) is 0 Å². The van der Waals surface area contributed by atoms with Crippen molar-refractivity contribution in [1.82, 2.24) is 0 Å². The molecule has 1 rings (SSSR count). The Morgan fingerprint density at radius 2 is 2.00 bits per heavy atom. The predicted octanol–water partition coefficient (Wildman–Crippen LogP) is 0.563. The van der Waals surface area contributed by atoms with Crippen molar-refractivity contribution >= 4 is 12.4 Å². The van der Waals surface area contributed by atoms with Crippen molar-refractivity contribution in [3.05, 3.63) is 0 Å². The van der Waals surface area contributed by atoms with E-state index in [9.17, 15) is 0 Å². The van der Waals surface area contributed by atoms with Crippen molar-refractivity contribution in [2.75, 3.05) is 26.9 Å². The maximum Gasteiger partial charge on any atom is 0.0644 e. The molecule has 0 aromatic rings. The highest BCUT2D eigenvalue weighted by molar-refractivity contribution is 5.85. The van der Waals surface area contributed by atoms with Gasteiger partial charge in [0.15, 0.2) is 0 Å². The highest BCUT2D eigenvalue weighted by Crippen LogP contribution is 2.17. The van der Waals surface area contributed by atoms with Gasteiger partial charge < -0.3 is 15.2 Å². The average Bonchev–Trinajstić information content (AvgIpc) is 1.89. The smallest absolute Gasteiger partial charge is 0.0644 e. The molecule has 0 bridgehead atoms. The van der Waals surface area contributed by atoms with Gasteiger partial charge in [-0.3, -0.25) is 0 Å². The Morgan fingerprint density at radius 3 is 2.45 bits per heavy atom. The molecule has 0 atom stereocenters. The minimum Gasteiger partial charge on any atom is -0.383 e. The Balaban J connectivity index is 0.000001000.